The van der Waals surface area contributed by atoms with Crippen molar-refractivity contribution in [1.82, 2.24) is 10.6 Å². The van der Waals surface area contributed by atoms with Gasteiger partial charge in [0.1, 0.15) is 17.8 Å². The molecule has 0 bridgehead atoms. The molecule has 1 rings (SSSR count). The Morgan fingerprint density at radius 2 is 1.61 bits per heavy atom. The van der Waals surface area contributed by atoms with Crippen molar-refractivity contribution in [1.29, 1.82) is 0 Å². The molecular weight excluding hydrogens is 388 g/mol. The number of aliphatic carboxylic acids is 1. The summed E-state index contributed by atoms with van der Waals surface area (Å²) in [4.78, 5) is 46.9. The number of primary amides is 1. The van der Waals surface area contributed by atoms with Crippen molar-refractivity contribution in [2.75, 3.05) is 5.75 Å². The van der Waals surface area contributed by atoms with Crippen molar-refractivity contribution in [3.8, 4) is 5.75 Å². The predicted octanol–water partition coefficient (Wildman–Crippen LogP) is -1.49. The molecule has 0 fully saturated rings. The fraction of sp³-hybridized carbons (Fsp3) is 0.412. The zero-order valence-corrected chi connectivity index (χ0v) is 15.9. The SMILES string of the molecule is NC(=O)CC[C@H](NC(=O)[C@H](Cc1ccc(O)cc1)NC(=O)[C@@H](N)CS)C(=O)O. The zero-order valence-electron chi connectivity index (χ0n) is 15.0. The molecule has 0 unspecified atom stereocenters. The number of carbonyl (C=O) groups is 4. The van der Waals surface area contributed by atoms with E-state index in [9.17, 15) is 29.4 Å². The number of carboxylic acid groups (broad SMARTS) is 1. The van der Waals surface area contributed by atoms with Crippen molar-refractivity contribution < 1.29 is 29.4 Å². The molecule has 28 heavy (non-hydrogen) atoms. The molecule has 11 heteroatoms. The fourth-order valence-electron chi connectivity index (χ4n) is 2.25. The first kappa shape index (κ1) is 23.2. The molecule has 0 aliphatic rings. The van der Waals surface area contributed by atoms with Crippen LogP contribution in [-0.2, 0) is 25.6 Å². The third kappa shape index (κ3) is 7.84. The third-order valence-corrected chi connectivity index (χ3v) is 4.23. The maximum atomic E-state index is 12.6. The second-order valence-electron chi connectivity index (χ2n) is 6.13. The molecule has 0 aliphatic carbocycles. The van der Waals surface area contributed by atoms with Crippen LogP contribution in [0.2, 0.25) is 0 Å². The third-order valence-electron chi connectivity index (χ3n) is 3.84. The monoisotopic (exact) mass is 412 g/mol. The van der Waals surface area contributed by atoms with E-state index in [2.05, 4.69) is 23.3 Å². The van der Waals surface area contributed by atoms with Gasteiger partial charge < -0.3 is 32.3 Å². The number of rotatable bonds is 11. The number of hydrogen-bond acceptors (Lipinski definition) is 7. The maximum Gasteiger partial charge on any atom is 0.326 e. The van der Waals surface area contributed by atoms with Crippen LogP contribution >= 0.6 is 12.6 Å². The van der Waals surface area contributed by atoms with Gasteiger partial charge in [-0.1, -0.05) is 12.1 Å². The highest BCUT2D eigenvalue weighted by atomic mass is 32.1. The van der Waals surface area contributed by atoms with E-state index in [0.717, 1.165) is 0 Å². The lowest BCUT2D eigenvalue weighted by Gasteiger charge is -2.22. The Balaban J connectivity index is 2.95. The van der Waals surface area contributed by atoms with Crippen LogP contribution in [-0.4, -0.2) is 57.8 Å². The van der Waals surface area contributed by atoms with Gasteiger partial charge in [0, 0.05) is 18.6 Å². The van der Waals surface area contributed by atoms with Crippen LogP contribution in [0.25, 0.3) is 0 Å². The van der Waals surface area contributed by atoms with Gasteiger partial charge in [-0.15, -0.1) is 0 Å². The number of phenols is 1. The van der Waals surface area contributed by atoms with Crippen molar-refractivity contribution in [3.63, 3.8) is 0 Å². The van der Waals surface area contributed by atoms with Crippen molar-refractivity contribution >= 4 is 36.3 Å². The number of phenolic OH excluding ortho intramolecular Hbond substituents is 1. The topological polar surface area (TPSA) is 185 Å². The summed E-state index contributed by atoms with van der Waals surface area (Å²) in [5.41, 5.74) is 11.2. The van der Waals surface area contributed by atoms with Crippen LogP contribution in [0, 0.1) is 0 Å². The van der Waals surface area contributed by atoms with E-state index in [4.69, 9.17) is 11.5 Å². The van der Waals surface area contributed by atoms with Gasteiger partial charge in [0.2, 0.25) is 17.7 Å². The minimum absolute atomic E-state index is 0.0271. The van der Waals surface area contributed by atoms with Crippen LogP contribution in [0.4, 0.5) is 0 Å². The first-order chi connectivity index (χ1) is 13.1. The molecule has 0 aliphatic heterocycles. The van der Waals surface area contributed by atoms with Crippen molar-refractivity contribution in [2.24, 2.45) is 11.5 Å². The first-order valence-electron chi connectivity index (χ1n) is 8.40. The summed E-state index contributed by atoms with van der Waals surface area (Å²) in [5.74, 6) is -3.34. The van der Waals surface area contributed by atoms with E-state index >= 15 is 0 Å². The summed E-state index contributed by atoms with van der Waals surface area (Å²) in [5, 5.41) is 23.4. The van der Waals surface area contributed by atoms with Crippen LogP contribution in [0.15, 0.2) is 24.3 Å². The smallest absolute Gasteiger partial charge is 0.326 e. The molecule has 8 N–H and O–H groups in total. The standard InChI is InChI=1S/C17H24N4O6S/c18-11(8-28)15(24)21-13(7-9-1-3-10(22)4-2-9)16(25)20-12(17(26)27)5-6-14(19)23/h1-4,11-13,22,28H,5-8,18H2,(H2,19,23)(H,20,25)(H,21,24)(H,26,27)/t11-,12-,13-/m0/s1. The number of carbonyl (C=O) groups excluding carboxylic acids is 3. The number of thiol groups is 1. The average molecular weight is 412 g/mol. The minimum atomic E-state index is -1.35. The summed E-state index contributed by atoms with van der Waals surface area (Å²) in [6.45, 7) is 0. The Bertz CT molecular complexity index is 712. The van der Waals surface area contributed by atoms with Crippen molar-refractivity contribution in [2.45, 2.75) is 37.4 Å². The van der Waals surface area contributed by atoms with E-state index in [0.29, 0.717) is 5.56 Å². The van der Waals surface area contributed by atoms with Gasteiger partial charge in [-0.05, 0) is 24.1 Å². The van der Waals surface area contributed by atoms with Gasteiger partial charge in [-0.25, -0.2) is 4.79 Å². The lowest BCUT2D eigenvalue weighted by molar-refractivity contribution is -0.142. The highest BCUT2D eigenvalue weighted by Crippen LogP contribution is 2.12. The van der Waals surface area contributed by atoms with Crippen LogP contribution < -0.4 is 22.1 Å². The van der Waals surface area contributed by atoms with E-state index in [1.807, 2.05) is 0 Å². The Morgan fingerprint density at radius 3 is 2.11 bits per heavy atom. The number of amides is 3. The van der Waals surface area contributed by atoms with Gasteiger partial charge in [0.25, 0.3) is 0 Å². The van der Waals surface area contributed by atoms with Crippen molar-refractivity contribution in [3.05, 3.63) is 29.8 Å². The average Bonchev–Trinajstić information content (AvgIpc) is 2.64. The molecule has 1 aromatic rings. The van der Waals surface area contributed by atoms with Crippen LogP contribution in [0.3, 0.4) is 0 Å². The number of nitrogens with one attached hydrogen (secondary N) is 2. The molecular formula is C17H24N4O6S. The second kappa shape index (κ2) is 11.1. The molecule has 154 valence electrons. The Kier molecular flexibility index (Phi) is 9.25. The van der Waals surface area contributed by atoms with Gasteiger partial charge in [0.05, 0.1) is 6.04 Å². The molecule has 0 radical (unpaired) electrons. The largest absolute Gasteiger partial charge is 0.508 e. The molecule has 0 spiro atoms. The summed E-state index contributed by atoms with van der Waals surface area (Å²) >= 11 is 3.93. The van der Waals surface area contributed by atoms with Gasteiger partial charge in [-0.2, -0.15) is 12.6 Å². The summed E-state index contributed by atoms with van der Waals surface area (Å²) in [6.07, 6.45) is -0.386. The molecule has 3 amide bonds. The van der Waals surface area contributed by atoms with E-state index in [1.165, 1.54) is 12.1 Å². The number of carboxylic acids is 1. The number of aromatic hydroxyl groups is 1. The Labute approximate surface area is 167 Å². The Morgan fingerprint density at radius 1 is 1.04 bits per heavy atom. The van der Waals surface area contributed by atoms with Gasteiger partial charge >= 0.3 is 5.97 Å². The number of hydrogen-bond donors (Lipinski definition) is 7. The quantitative estimate of drug-likeness (QED) is 0.216. The summed E-state index contributed by atoms with van der Waals surface area (Å²) in [7, 11) is 0. The molecule has 1 aromatic carbocycles. The van der Waals surface area contributed by atoms with Crippen LogP contribution in [0.5, 0.6) is 5.75 Å². The fourth-order valence-corrected chi connectivity index (χ4v) is 2.42. The summed E-state index contributed by atoms with van der Waals surface area (Å²) in [6, 6.07) is 2.51. The predicted molar refractivity (Wildman–Crippen MR) is 104 cm³/mol. The normalized spacial score (nSPS) is 13.8. The van der Waals surface area contributed by atoms with E-state index in [-0.39, 0.29) is 30.8 Å². The number of benzene rings is 1. The summed E-state index contributed by atoms with van der Waals surface area (Å²) < 4.78 is 0. The van der Waals surface area contributed by atoms with Gasteiger partial charge in [0.15, 0.2) is 0 Å². The molecule has 0 aromatic heterocycles. The number of nitrogens with two attached hydrogens (primary N) is 2. The first-order valence-corrected chi connectivity index (χ1v) is 9.03. The lowest BCUT2D eigenvalue weighted by atomic mass is 10.0. The molecule has 0 heterocycles. The highest BCUT2D eigenvalue weighted by molar-refractivity contribution is 7.80. The maximum absolute atomic E-state index is 12.6. The molecule has 3 atom stereocenters. The molecule has 10 nitrogen and oxygen atoms in total. The van der Waals surface area contributed by atoms with E-state index in [1.54, 1.807) is 12.1 Å². The highest BCUT2D eigenvalue weighted by Gasteiger charge is 2.28. The molecule has 0 saturated carbocycles. The molecule has 0 saturated heterocycles. The zero-order chi connectivity index (χ0) is 21.3. The lowest BCUT2D eigenvalue weighted by Crippen LogP contribution is -2.55. The minimum Gasteiger partial charge on any atom is -0.508 e. The second-order valence-corrected chi connectivity index (χ2v) is 6.49. The Hall–Kier alpha value is -2.79. The van der Waals surface area contributed by atoms with E-state index < -0.39 is 41.8 Å². The van der Waals surface area contributed by atoms with Gasteiger partial charge in [-0.3, -0.25) is 14.4 Å². The van der Waals surface area contributed by atoms with Crippen LogP contribution in [0.1, 0.15) is 18.4 Å².